The number of nitrogens with zero attached hydrogens (tertiary/aromatic N) is 1. The van der Waals surface area contributed by atoms with Gasteiger partial charge in [-0.2, -0.15) is 0 Å². The van der Waals surface area contributed by atoms with E-state index in [0.29, 0.717) is 12.5 Å². The van der Waals surface area contributed by atoms with Crippen LogP contribution >= 0.6 is 11.3 Å². The summed E-state index contributed by atoms with van der Waals surface area (Å²) >= 11 is 1.60. The molecule has 0 spiro atoms. The summed E-state index contributed by atoms with van der Waals surface area (Å²) in [4.78, 5) is 17.5. The van der Waals surface area contributed by atoms with E-state index in [1.807, 2.05) is 29.6 Å². The van der Waals surface area contributed by atoms with E-state index in [4.69, 9.17) is 0 Å². The van der Waals surface area contributed by atoms with Crippen molar-refractivity contribution in [3.05, 3.63) is 40.7 Å². The molecule has 1 aliphatic carbocycles. The van der Waals surface area contributed by atoms with Crippen molar-refractivity contribution in [2.24, 2.45) is 0 Å². The number of aromatic nitrogens is 1. The summed E-state index contributed by atoms with van der Waals surface area (Å²) in [5.41, 5.74) is 0.748. The Morgan fingerprint density at radius 2 is 2.00 bits per heavy atom. The summed E-state index contributed by atoms with van der Waals surface area (Å²) in [7, 11) is 0. The van der Waals surface area contributed by atoms with E-state index in [1.54, 1.807) is 17.5 Å². The van der Waals surface area contributed by atoms with Crippen LogP contribution in [0.3, 0.4) is 0 Å². The molecule has 0 unspecified atom stereocenters. The van der Waals surface area contributed by atoms with Gasteiger partial charge in [0.15, 0.2) is 0 Å². The highest BCUT2D eigenvalue weighted by Crippen LogP contribution is 2.21. The SMILES string of the molecule is O=C(Cc1cccs1)Nc1ccc(NC2CCCCCC2)nc1. The van der Waals surface area contributed by atoms with Crippen LogP contribution < -0.4 is 10.6 Å². The molecule has 1 aliphatic rings. The van der Waals surface area contributed by atoms with Crippen molar-refractivity contribution in [3.63, 3.8) is 0 Å². The Morgan fingerprint density at radius 1 is 1.17 bits per heavy atom. The van der Waals surface area contributed by atoms with Gasteiger partial charge in [-0.1, -0.05) is 31.7 Å². The molecule has 2 aromatic heterocycles. The average Bonchev–Trinajstić information content (AvgIpc) is 2.91. The standard InChI is InChI=1S/C18H23N3OS/c22-18(12-16-8-5-11-23-16)21-15-9-10-17(19-13-15)20-14-6-3-1-2-4-7-14/h5,8-11,13-14H,1-4,6-7,12H2,(H,19,20)(H,21,22). The molecule has 2 heterocycles. The largest absolute Gasteiger partial charge is 0.367 e. The third kappa shape index (κ3) is 5.06. The molecule has 122 valence electrons. The second-order valence-corrected chi connectivity index (χ2v) is 7.10. The van der Waals surface area contributed by atoms with Crippen LogP contribution in [0.2, 0.25) is 0 Å². The lowest BCUT2D eigenvalue weighted by Crippen LogP contribution is -2.19. The molecule has 0 radical (unpaired) electrons. The molecule has 1 fully saturated rings. The Bertz CT molecular complexity index is 602. The molecule has 0 aliphatic heterocycles. The van der Waals surface area contributed by atoms with E-state index < -0.39 is 0 Å². The maximum absolute atomic E-state index is 12.0. The fourth-order valence-corrected chi connectivity index (χ4v) is 3.67. The lowest BCUT2D eigenvalue weighted by atomic mass is 10.1. The number of hydrogen-bond acceptors (Lipinski definition) is 4. The van der Waals surface area contributed by atoms with Gasteiger partial charge in [-0.05, 0) is 36.4 Å². The number of thiophene rings is 1. The molecule has 2 N–H and O–H groups in total. The number of pyridine rings is 1. The molecule has 0 aromatic carbocycles. The van der Waals surface area contributed by atoms with Gasteiger partial charge in [0.05, 0.1) is 18.3 Å². The predicted octanol–water partition coefficient (Wildman–Crippen LogP) is 4.46. The minimum Gasteiger partial charge on any atom is -0.367 e. The van der Waals surface area contributed by atoms with Gasteiger partial charge in [-0.3, -0.25) is 4.79 Å². The summed E-state index contributed by atoms with van der Waals surface area (Å²) in [5, 5.41) is 8.40. The maximum Gasteiger partial charge on any atom is 0.229 e. The number of hydrogen-bond donors (Lipinski definition) is 2. The normalized spacial score (nSPS) is 15.8. The second-order valence-electron chi connectivity index (χ2n) is 6.07. The number of carbonyl (C=O) groups is 1. The highest BCUT2D eigenvalue weighted by molar-refractivity contribution is 7.10. The van der Waals surface area contributed by atoms with Crippen LogP contribution in [0, 0.1) is 0 Å². The minimum absolute atomic E-state index is 0.00118. The third-order valence-electron chi connectivity index (χ3n) is 4.17. The molecule has 0 atom stereocenters. The molecule has 0 saturated heterocycles. The second kappa shape index (κ2) is 8.11. The average molecular weight is 329 g/mol. The van der Waals surface area contributed by atoms with Gasteiger partial charge in [0.25, 0.3) is 0 Å². The van der Waals surface area contributed by atoms with Crippen LogP contribution in [0.5, 0.6) is 0 Å². The number of amides is 1. The Balaban J connectivity index is 1.51. The van der Waals surface area contributed by atoms with Crippen LogP contribution in [-0.4, -0.2) is 16.9 Å². The van der Waals surface area contributed by atoms with Crippen LogP contribution in [-0.2, 0) is 11.2 Å². The van der Waals surface area contributed by atoms with E-state index in [9.17, 15) is 4.79 Å². The van der Waals surface area contributed by atoms with Crippen molar-refractivity contribution in [1.29, 1.82) is 0 Å². The summed E-state index contributed by atoms with van der Waals surface area (Å²) < 4.78 is 0. The van der Waals surface area contributed by atoms with Crippen LogP contribution in [0.1, 0.15) is 43.4 Å². The Kier molecular flexibility index (Phi) is 5.64. The van der Waals surface area contributed by atoms with Crippen molar-refractivity contribution < 1.29 is 4.79 Å². The van der Waals surface area contributed by atoms with Crippen LogP contribution in [0.25, 0.3) is 0 Å². The third-order valence-corrected chi connectivity index (χ3v) is 5.05. The molecule has 3 rings (SSSR count). The molecule has 23 heavy (non-hydrogen) atoms. The van der Waals surface area contributed by atoms with E-state index in [1.165, 1.54) is 38.5 Å². The zero-order valence-electron chi connectivity index (χ0n) is 13.3. The number of rotatable bonds is 5. The minimum atomic E-state index is -0.00118. The molecule has 2 aromatic rings. The zero-order chi connectivity index (χ0) is 15.9. The first kappa shape index (κ1) is 16.0. The Morgan fingerprint density at radius 3 is 2.65 bits per heavy atom. The highest BCUT2D eigenvalue weighted by atomic mass is 32.1. The van der Waals surface area contributed by atoms with Gasteiger partial charge in [0, 0.05) is 10.9 Å². The van der Waals surface area contributed by atoms with Crippen molar-refractivity contribution in [2.75, 3.05) is 10.6 Å². The van der Waals surface area contributed by atoms with Crippen molar-refractivity contribution in [1.82, 2.24) is 4.98 Å². The fourth-order valence-electron chi connectivity index (χ4n) is 2.96. The van der Waals surface area contributed by atoms with Crippen molar-refractivity contribution >= 4 is 28.7 Å². The van der Waals surface area contributed by atoms with E-state index in [2.05, 4.69) is 15.6 Å². The summed E-state index contributed by atoms with van der Waals surface area (Å²) in [6.07, 6.45) is 9.89. The maximum atomic E-state index is 12.0. The van der Waals surface area contributed by atoms with Crippen molar-refractivity contribution in [2.45, 2.75) is 51.0 Å². The molecular weight excluding hydrogens is 306 g/mol. The van der Waals surface area contributed by atoms with Crippen LogP contribution in [0.15, 0.2) is 35.8 Å². The van der Waals surface area contributed by atoms with Gasteiger partial charge in [0.1, 0.15) is 5.82 Å². The van der Waals surface area contributed by atoms with E-state index >= 15 is 0 Å². The number of anilines is 2. The molecule has 0 bridgehead atoms. The Labute approximate surface area is 141 Å². The fraction of sp³-hybridized carbons (Fsp3) is 0.444. The molecule has 1 saturated carbocycles. The van der Waals surface area contributed by atoms with Crippen molar-refractivity contribution in [3.8, 4) is 0 Å². The summed E-state index contributed by atoms with van der Waals surface area (Å²) in [5.74, 6) is 0.895. The van der Waals surface area contributed by atoms with E-state index in [0.717, 1.165) is 16.4 Å². The molecule has 1 amide bonds. The van der Waals surface area contributed by atoms with E-state index in [-0.39, 0.29) is 5.91 Å². The first-order valence-electron chi connectivity index (χ1n) is 8.34. The molecule has 4 nitrogen and oxygen atoms in total. The quantitative estimate of drug-likeness (QED) is 0.796. The first-order chi connectivity index (χ1) is 11.3. The number of carbonyl (C=O) groups excluding carboxylic acids is 1. The lowest BCUT2D eigenvalue weighted by Gasteiger charge is -2.17. The predicted molar refractivity (Wildman–Crippen MR) is 96.0 cm³/mol. The lowest BCUT2D eigenvalue weighted by molar-refractivity contribution is -0.115. The smallest absolute Gasteiger partial charge is 0.229 e. The van der Waals surface area contributed by atoms with Crippen LogP contribution in [0.4, 0.5) is 11.5 Å². The summed E-state index contributed by atoms with van der Waals surface area (Å²) in [6, 6.07) is 8.33. The number of nitrogens with one attached hydrogen (secondary N) is 2. The summed E-state index contributed by atoms with van der Waals surface area (Å²) in [6.45, 7) is 0. The topological polar surface area (TPSA) is 54.0 Å². The first-order valence-corrected chi connectivity index (χ1v) is 9.22. The van der Waals surface area contributed by atoms with Gasteiger partial charge in [-0.15, -0.1) is 11.3 Å². The zero-order valence-corrected chi connectivity index (χ0v) is 14.1. The van der Waals surface area contributed by atoms with Gasteiger partial charge in [-0.25, -0.2) is 4.98 Å². The molecule has 5 heteroatoms. The van der Waals surface area contributed by atoms with Gasteiger partial charge >= 0.3 is 0 Å². The Hall–Kier alpha value is -1.88. The van der Waals surface area contributed by atoms with Gasteiger partial charge < -0.3 is 10.6 Å². The van der Waals surface area contributed by atoms with Gasteiger partial charge in [0.2, 0.25) is 5.91 Å². The monoisotopic (exact) mass is 329 g/mol. The highest BCUT2D eigenvalue weighted by Gasteiger charge is 2.12. The molecular formula is C18H23N3OS.